The summed E-state index contributed by atoms with van der Waals surface area (Å²) in [7, 11) is -3.14. The molecular formula is C15H21N3O3S2. The van der Waals surface area contributed by atoms with Crippen molar-refractivity contribution in [1.29, 1.82) is 0 Å². The number of nitrogens with zero attached hydrogens (tertiary/aromatic N) is 2. The van der Waals surface area contributed by atoms with Crippen LogP contribution < -0.4 is 14.4 Å². The third-order valence-corrected chi connectivity index (χ3v) is 5.66. The zero-order valence-corrected chi connectivity index (χ0v) is 14.9. The van der Waals surface area contributed by atoms with Crippen molar-refractivity contribution in [2.24, 2.45) is 0 Å². The van der Waals surface area contributed by atoms with Gasteiger partial charge >= 0.3 is 0 Å². The number of ether oxygens (including phenoxy) is 1. The van der Waals surface area contributed by atoms with Gasteiger partial charge in [-0.3, -0.25) is 0 Å². The Bertz CT molecular complexity index is 780. The smallest absolute Gasteiger partial charge is 0.208 e. The minimum atomic E-state index is -3.14. The third-order valence-electron chi connectivity index (χ3n) is 3.82. The number of hydrogen-bond donors (Lipinski definition) is 1. The Hall–Kier alpha value is -1.38. The Balaban J connectivity index is 1.73. The molecule has 0 spiro atoms. The minimum absolute atomic E-state index is 0.0228. The first-order valence-corrected chi connectivity index (χ1v) is 10.4. The van der Waals surface area contributed by atoms with Gasteiger partial charge in [-0.25, -0.2) is 18.1 Å². The van der Waals surface area contributed by atoms with Crippen LogP contribution in [0, 0.1) is 0 Å². The van der Waals surface area contributed by atoms with Crippen molar-refractivity contribution in [3.05, 3.63) is 18.2 Å². The highest BCUT2D eigenvalue weighted by Crippen LogP contribution is 2.35. The van der Waals surface area contributed by atoms with E-state index in [1.54, 1.807) is 11.3 Å². The zero-order valence-electron chi connectivity index (χ0n) is 13.3. The lowest BCUT2D eigenvalue weighted by Crippen LogP contribution is -2.44. The molecule has 0 saturated carbocycles. The molecule has 0 radical (unpaired) electrons. The van der Waals surface area contributed by atoms with Crippen molar-refractivity contribution < 1.29 is 13.2 Å². The SMILES string of the molecule is CCOc1cccc2sc(N3CCC(NS(C)(=O)=O)CC3)nc12. The quantitative estimate of drug-likeness (QED) is 0.890. The van der Waals surface area contributed by atoms with Crippen molar-refractivity contribution in [3.8, 4) is 5.75 Å². The highest BCUT2D eigenvalue weighted by Gasteiger charge is 2.24. The van der Waals surface area contributed by atoms with Crippen LogP contribution in [0.3, 0.4) is 0 Å². The molecule has 0 bridgehead atoms. The topological polar surface area (TPSA) is 71.5 Å². The molecule has 2 heterocycles. The number of nitrogens with one attached hydrogen (secondary N) is 1. The Morgan fingerprint density at radius 1 is 1.39 bits per heavy atom. The van der Waals surface area contributed by atoms with Gasteiger partial charge in [0.05, 0.1) is 17.6 Å². The van der Waals surface area contributed by atoms with Crippen molar-refractivity contribution in [2.45, 2.75) is 25.8 Å². The van der Waals surface area contributed by atoms with Crippen molar-refractivity contribution in [1.82, 2.24) is 9.71 Å². The van der Waals surface area contributed by atoms with Gasteiger partial charge in [0.25, 0.3) is 0 Å². The molecule has 0 aliphatic carbocycles. The number of sulfonamides is 1. The number of rotatable bonds is 5. The van der Waals surface area contributed by atoms with Gasteiger partial charge in [0.15, 0.2) is 5.13 Å². The van der Waals surface area contributed by atoms with E-state index in [0.29, 0.717) is 6.61 Å². The van der Waals surface area contributed by atoms with Crippen LogP contribution in [0.15, 0.2) is 18.2 Å². The standard InChI is InChI=1S/C15H21N3O3S2/c1-3-21-12-5-4-6-13-14(12)16-15(22-13)18-9-7-11(8-10-18)17-23(2,19)20/h4-6,11,17H,3,7-10H2,1-2H3. The fourth-order valence-corrected chi connectivity index (χ4v) is 4.69. The predicted molar refractivity (Wildman–Crippen MR) is 94.0 cm³/mol. The second-order valence-corrected chi connectivity index (χ2v) is 8.47. The molecule has 6 nitrogen and oxygen atoms in total. The van der Waals surface area contributed by atoms with E-state index < -0.39 is 10.0 Å². The van der Waals surface area contributed by atoms with Gasteiger partial charge < -0.3 is 9.64 Å². The number of aromatic nitrogens is 1. The summed E-state index contributed by atoms with van der Waals surface area (Å²) in [4.78, 5) is 6.96. The van der Waals surface area contributed by atoms with Gasteiger partial charge in [0, 0.05) is 19.1 Å². The molecule has 0 unspecified atom stereocenters. The van der Waals surface area contributed by atoms with E-state index in [1.807, 2.05) is 19.1 Å². The summed E-state index contributed by atoms with van der Waals surface area (Å²) < 4.78 is 32.1. The van der Waals surface area contributed by atoms with E-state index in [9.17, 15) is 8.42 Å². The van der Waals surface area contributed by atoms with Crippen LogP contribution in [0.25, 0.3) is 10.2 Å². The molecule has 23 heavy (non-hydrogen) atoms. The number of hydrogen-bond acceptors (Lipinski definition) is 6. The van der Waals surface area contributed by atoms with E-state index >= 15 is 0 Å². The highest BCUT2D eigenvalue weighted by molar-refractivity contribution is 7.88. The molecule has 0 amide bonds. The second-order valence-electron chi connectivity index (χ2n) is 5.68. The molecule has 126 valence electrons. The summed E-state index contributed by atoms with van der Waals surface area (Å²) in [5, 5.41) is 0.977. The van der Waals surface area contributed by atoms with Crippen molar-refractivity contribution in [3.63, 3.8) is 0 Å². The van der Waals surface area contributed by atoms with Crippen LogP contribution in [-0.4, -0.2) is 45.4 Å². The molecule has 1 fully saturated rings. The average Bonchev–Trinajstić information content (AvgIpc) is 2.92. The Morgan fingerprint density at radius 3 is 2.78 bits per heavy atom. The van der Waals surface area contributed by atoms with Crippen molar-refractivity contribution in [2.75, 3.05) is 30.9 Å². The molecule has 1 aliphatic heterocycles. The first-order valence-electron chi connectivity index (χ1n) is 7.71. The molecule has 3 rings (SSSR count). The number of benzene rings is 1. The third kappa shape index (κ3) is 3.94. The molecular weight excluding hydrogens is 334 g/mol. The lowest BCUT2D eigenvalue weighted by atomic mass is 10.1. The molecule has 1 saturated heterocycles. The minimum Gasteiger partial charge on any atom is -0.492 e. The average molecular weight is 355 g/mol. The summed E-state index contributed by atoms with van der Waals surface area (Å²) in [6.07, 6.45) is 2.80. The van der Waals surface area contributed by atoms with Crippen LogP contribution in [0.1, 0.15) is 19.8 Å². The summed E-state index contributed by atoms with van der Waals surface area (Å²) >= 11 is 1.65. The van der Waals surface area contributed by atoms with Gasteiger partial charge in [-0.2, -0.15) is 0 Å². The first-order chi connectivity index (χ1) is 11.0. The second kappa shape index (κ2) is 6.62. The summed E-state index contributed by atoms with van der Waals surface area (Å²) in [5.74, 6) is 0.820. The maximum Gasteiger partial charge on any atom is 0.208 e. The fourth-order valence-electron chi connectivity index (χ4n) is 2.81. The maximum atomic E-state index is 11.3. The number of fused-ring (bicyclic) bond motifs is 1. The van der Waals surface area contributed by atoms with Gasteiger partial charge in [0.2, 0.25) is 10.0 Å². The lowest BCUT2D eigenvalue weighted by Gasteiger charge is -2.31. The Morgan fingerprint density at radius 2 is 2.13 bits per heavy atom. The Kier molecular flexibility index (Phi) is 4.74. The first kappa shape index (κ1) is 16.5. The van der Waals surface area contributed by atoms with E-state index in [1.165, 1.54) is 6.26 Å². The van der Waals surface area contributed by atoms with Crippen molar-refractivity contribution >= 4 is 36.7 Å². The molecule has 1 aliphatic rings. The van der Waals surface area contributed by atoms with E-state index in [-0.39, 0.29) is 6.04 Å². The molecule has 0 atom stereocenters. The van der Waals surface area contributed by atoms with Crippen LogP contribution in [0.4, 0.5) is 5.13 Å². The Labute approximate surface area is 140 Å². The maximum absolute atomic E-state index is 11.3. The van der Waals surface area contributed by atoms with Gasteiger partial charge in [-0.05, 0) is 31.9 Å². The monoisotopic (exact) mass is 355 g/mol. The van der Waals surface area contributed by atoms with Gasteiger partial charge in [0.1, 0.15) is 11.3 Å². The van der Waals surface area contributed by atoms with Crippen LogP contribution >= 0.6 is 11.3 Å². The number of thiazole rings is 1. The summed E-state index contributed by atoms with van der Waals surface area (Å²) in [6, 6.07) is 6.00. The predicted octanol–water partition coefficient (Wildman–Crippen LogP) is 2.21. The van der Waals surface area contributed by atoms with Crippen LogP contribution in [0.5, 0.6) is 5.75 Å². The van der Waals surface area contributed by atoms with E-state index in [4.69, 9.17) is 9.72 Å². The van der Waals surface area contributed by atoms with Crippen LogP contribution in [0.2, 0.25) is 0 Å². The largest absolute Gasteiger partial charge is 0.492 e. The number of piperidine rings is 1. The molecule has 8 heteroatoms. The van der Waals surface area contributed by atoms with Gasteiger partial charge in [-0.1, -0.05) is 17.4 Å². The molecule has 1 aromatic heterocycles. The number of anilines is 1. The van der Waals surface area contributed by atoms with Crippen LogP contribution in [-0.2, 0) is 10.0 Å². The zero-order chi connectivity index (χ0) is 16.4. The van der Waals surface area contributed by atoms with E-state index in [0.717, 1.165) is 47.0 Å². The molecule has 2 aromatic rings. The summed E-state index contributed by atoms with van der Waals surface area (Å²) in [6.45, 7) is 4.19. The molecule has 1 N–H and O–H groups in total. The fraction of sp³-hybridized carbons (Fsp3) is 0.533. The number of para-hydroxylation sites is 1. The van der Waals surface area contributed by atoms with E-state index in [2.05, 4.69) is 15.7 Å². The normalized spacial score (nSPS) is 16.9. The molecule has 1 aromatic carbocycles. The lowest BCUT2D eigenvalue weighted by molar-refractivity contribution is 0.343. The van der Waals surface area contributed by atoms with Gasteiger partial charge in [-0.15, -0.1) is 0 Å². The highest BCUT2D eigenvalue weighted by atomic mass is 32.2. The summed E-state index contributed by atoms with van der Waals surface area (Å²) in [5.41, 5.74) is 0.908.